The predicted octanol–water partition coefficient (Wildman–Crippen LogP) is -0.741. The van der Waals surface area contributed by atoms with Gasteiger partial charge in [-0.25, -0.2) is 4.79 Å². The summed E-state index contributed by atoms with van der Waals surface area (Å²) in [5.74, 6) is -3.60. The van der Waals surface area contributed by atoms with Gasteiger partial charge in [-0.15, -0.1) is 0 Å². The zero-order chi connectivity index (χ0) is 30.5. The van der Waals surface area contributed by atoms with E-state index in [0.29, 0.717) is 30.5 Å². The lowest BCUT2D eigenvalue weighted by Crippen LogP contribution is -2.60. The summed E-state index contributed by atoms with van der Waals surface area (Å²) in [5.41, 5.74) is 12.8. The van der Waals surface area contributed by atoms with Crippen LogP contribution >= 0.6 is 0 Å². The van der Waals surface area contributed by atoms with Crippen molar-refractivity contribution in [2.45, 2.75) is 69.3 Å². The molecule has 5 atom stereocenters. The molecule has 0 saturated carbocycles. The number of carbonyl (C=O) groups excluding carboxylic acids is 3. The molecule has 2 aromatic rings. The fourth-order valence-corrected chi connectivity index (χ4v) is 4.01. The van der Waals surface area contributed by atoms with Crippen LogP contribution in [0.5, 0.6) is 11.5 Å². The van der Waals surface area contributed by atoms with E-state index in [2.05, 4.69) is 16.0 Å². The van der Waals surface area contributed by atoms with E-state index in [9.17, 15) is 39.6 Å². The second kappa shape index (κ2) is 16.2. The molecule has 224 valence electrons. The number of aliphatic hydroxyl groups is 1. The summed E-state index contributed by atoms with van der Waals surface area (Å²) in [6.07, 6.45) is -0.163. The first-order chi connectivity index (χ1) is 19.4. The van der Waals surface area contributed by atoms with Crippen LogP contribution in [0.15, 0.2) is 48.5 Å². The number of phenolic OH excluding ortho intramolecular Hbond substituents is 2. The minimum atomic E-state index is -1.52. The van der Waals surface area contributed by atoms with Gasteiger partial charge in [0.1, 0.15) is 29.6 Å². The van der Waals surface area contributed by atoms with Gasteiger partial charge in [0.05, 0.1) is 12.1 Å². The molecule has 13 nitrogen and oxygen atoms in total. The van der Waals surface area contributed by atoms with Crippen LogP contribution in [-0.4, -0.2) is 80.9 Å². The SMILES string of the molecule is CC(O)C(NC(=O)C(CCCCN)NC(=O)C(N)Cc1ccc(O)cc1)C(=O)NC(Cc1ccc(O)cc1)C(=O)O. The lowest BCUT2D eigenvalue weighted by molar-refractivity contribution is -0.143. The number of aliphatic carboxylic acids is 1. The number of benzene rings is 2. The number of carboxylic acids is 1. The highest BCUT2D eigenvalue weighted by Gasteiger charge is 2.32. The quantitative estimate of drug-likeness (QED) is 0.114. The van der Waals surface area contributed by atoms with Gasteiger partial charge in [-0.1, -0.05) is 24.3 Å². The summed E-state index contributed by atoms with van der Waals surface area (Å²) in [4.78, 5) is 50.8. The van der Waals surface area contributed by atoms with Crippen LogP contribution in [0.1, 0.15) is 37.3 Å². The Labute approximate surface area is 237 Å². The predicted molar refractivity (Wildman–Crippen MR) is 150 cm³/mol. The highest BCUT2D eigenvalue weighted by atomic mass is 16.4. The van der Waals surface area contributed by atoms with E-state index in [1.807, 2.05) is 0 Å². The summed E-state index contributed by atoms with van der Waals surface area (Å²) >= 11 is 0. The average molecular weight is 574 g/mol. The Balaban J connectivity index is 2.10. The molecule has 5 unspecified atom stereocenters. The number of nitrogens with one attached hydrogen (secondary N) is 3. The van der Waals surface area contributed by atoms with Crippen molar-refractivity contribution in [3.05, 3.63) is 59.7 Å². The van der Waals surface area contributed by atoms with Crippen molar-refractivity contribution in [2.24, 2.45) is 11.5 Å². The van der Waals surface area contributed by atoms with Gasteiger partial charge in [0.2, 0.25) is 17.7 Å². The lowest BCUT2D eigenvalue weighted by atomic mass is 10.0. The maximum Gasteiger partial charge on any atom is 0.326 e. The molecule has 0 aliphatic rings. The van der Waals surface area contributed by atoms with E-state index in [4.69, 9.17) is 11.5 Å². The average Bonchev–Trinajstić information content (AvgIpc) is 2.92. The van der Waals surface area contributed by atoms with Gasteiger partial charge in [0, 0.05) is 6.42 Å². The van der Waals surface area contributed by atoms with Crippen molar-refractivity contribution in [1.82, 2.24) is 16.0 Å². The molecule has 0 bridgehead atoms. The van der Waals surface area contributed by atoms with Crippen LogP contribution in [0.2, 0.25) is 0 Å². The normalized spacial score (nSPS) is 14.6. The van der Waals surface area contributed by atoms with Crippen LogP contribution in [0.3, 0.4) is 0 Å². The fourth-order valence-electron chi connectivity index (χ4n) is 4.01. The molecule has 0 aliphatic heterocycles. The topological polar surface area (TPSA) is 237 Å². The third-order valence-electron chi connectivity index (χ3n) is 6.36. The van der Waals surface area contributed by atoms with Gasteiger partial charge in [0.25, 0.3) is 0 Å². The molecule has 0 heterocycles. The molecule has 0 aliphatic carbocycles. The molecule has 3 amide bonds. The van der Waals surface area contributed by atoms with Gasteiger partial charge in [0.15, 0.2) is 0 Å². The van der Waals surface area contributed by atoms with E-state index in [-0.39, 0.29) is 30.8 Å². The van der Waals surface area contributed by atoms with Crippen molar-refractivity contribution in [3.8, 4) is 11.5 Å². The molecular weight excluding hydrogens is 534 g/mol. The van der Waals surface area contributed by atoms with Crippen LogP contribution in [0.4, 0.5) is 0 Å². The first-order valence-corrected chi connectivity index (χ1v) is 13.2. The highest BCUT2D eigenvalue weighted by molar-refractivity contribution is 5.94. The van der Waals surface area contributed by atoms with Crippen LogP contribution in [-0.2, 0) is 32.0 Å². The monoisotopic (exact) mass is 573 g/mol. The number of hydrogen-bond donors (Lipinski definition) is 9. The van der Waals surface area contributed by atoms with Crippen molar-refractivity contribution in [3.63, 3.8) is 0 Å². The number of nitrogens with two attached hydrogens (primary N) is 2. The first-order valence-electron chi connectivity index (χ1n) is 13.2. The van der Waals surface area contributed by atoms with Crippen molar-refractivity contribution >= 4 is 23.7 Å². The van der Waals surface area contributed by atoms with Gasteiger partial charge in [-0.3, -0.25) is 14.4 Å². The molecular formula is C28H39N5O8. The maximum atomic E-state index is 13.2. The Morgan fingerprint density at radius 3 is 1.76 bits per heavy atom. The Hall–Kier alpha value is -4.20. The smallest absolute Gasteiger partial charge is 0.326 e. The van der Waals surface area contributed by atoms with Crippen LogP contribution in [0.25, 0.3) is 0 Å². The van der Waals surface area contributed by atoms with Gasteiger partial charge in [-0.05, 0) is 74.5 Å². The molecule has 0 saturated heterocycles. The van der Waals surface area contributed by atoms with Gasteiger partial charge in [-0.2, -0.15) is 0 Å². The molecule has 0 fully saturated rings. The minimum Gasteiger partial charge on any atom is -0.508 e. The number of aromatic hydroxyl groups is 2. The van der Waals surface area contributed by atoms with E-state index in [1.54, 1.807) is 12.1 Å². The summed E-state index contributed by atoms with van der Waals surface area (Å²) in [5, 5.41) is 46.1. The maximum absolute atomic E-state index is 13.2. The number of carboxylic acid groups (broad SMARTS) is 1. The molecule has 41 heavy (non-hydrogen) atoms. The van der Waals surface area contributed by atoms with Crippen molar-refractivity contribution < 1.29 is 39.6 Å². The number of hydrogen-bond acceptors (Lipinski definition) is 9. The third-order valence-corrected chi connectivity index (χ3v) is 6.36. The van der Waals surface area contributed by atoms with Gasteiger partial charge < -0.3 is 47.8 Å². The van der Waals surface area contributed by atoms with Crippen molar-refractivity contribution in [1.29, 1.82) is 0 Å². The molecule has 13 heteroatoms. The molecule has 0 spiro atoms. The van der Waals surface area contributed by atoms with E-state index < -0.39 is 54.0 Å². The number of amides is 3. The highest BCUT2D eigenvalue weighted by Crippen LogP contribution is 2.13. The van der Waals surface area contributed by atoms with Crippen LogP contribution < -0.4 is 27.4 Å². The Kier molecular flexibility index (Phi) is 13.0. The summed E-state index contributed by atoms with van der Waals surface area (Å²) in [7, 11) is 0. The zero-order valence-electron chi connectivity index (χ0n) is 22.8. The molecule has 0 aromatic heterocycles. The molecule has 11 N–H and O–H groups in total. The van der Waals surface area contributed by atoms with E-state index in [1.165, 1.54) is 43.3 Å². The lowest BCUT2D eigenvalue weighted by Gasteiger charge is -2.26. The largest absolute Gasteiger partial charge is 0.508 e. The standard InChI is InChI=1S/C28H39N5O8/c1-16(34)24(27(39)32-23(28(40)41)15-18-7-11-20(36)12-8-18)33-26(38)22(4-2-3-13-29)31-25(37)21(30)14-17-5-9-19(35)10-6-17/h5-12,16,21-24,34-36H,2-4,13-15,29-30H2,1H3,(H,31,37)(H,32,39)(H,33,38)(H,40,41). The number of carbonyl (C=O) groups is 4. The number of rotatable bonds is 16. The number of phenols is 2. The Morgan fingerprint density at radius 1 is 0.756 bits per heavy atom. The van der Waals surface area contributed by atoms with E-state index >= 15 is 0 Å². The fraction of sp³-hybridized carbons (Fsp3) is 0.429. The Bertz CT molecular complexity index is 1160. The third kappa shape index (κ3) is 11.1. The summed E-state index contributed by atoms with van der Waals surface area (Å²) in [6.45, 7) is 1.62. The van der Waals surface area contributed by atoms with Crippen LogP contribution in [0, 0.1) is 0 Å². The number of aliphatic hydroxyl groups excluding tert-OH is 1. The second-order valence-corrected chi connectivity index (χ2v) is 9.82. The van der Waals surface area contributed by atoms with E-state index in [0.717, 1.165) is 0 Å². The number of unbranched alkanes of at least 4 members (excludes halogenated alkanes) is 1. The second-order valence-electron chi connectivity index (χ2n) is 9.82. The molecule has 0 radical (unpaired) electrons. The van der Waals surface area contributed by atoms with Crippen molar-refractivity contribution in [2.75, 3.05) is 6.54 Å². The zero-order valence-corrected chi connectivity index (χ0v) is 22.8. The van der Waals surface area contributed by atoms with Gasteiger partial charge >= 0.3 is 5.97 Å². The summed E-state index contributed by atoms with van der Waals surface area (Å²) < 4.78 is 0. The first kappa shape index (κ1) is 33.0. The minimum absolute atomic E-state index is 0.00374. The summed E-state index contributed by atoms with van der Waals surface area (Å²) in [6, 6.07) is 6.89. The molecule has 2 rings (SSSR count). The molecule has 2 aromatic carbocycles. The Morgan fingerprint density at radius 2 is 1.27 bits per heavy atom.